The number of carbonyl (C=O) groups is 4. The van der Waals surface area contributed by atoms with Crippen LogP contribution in [0.15, 0.2) is 21.8 Å². The lowest BCUT2D eigenvalue weighted by molar-refractivity contribution is -0.153. The van der Waals surface area contributed by atoms with Gasteiger partial charge in [-0.25, -0.2) is 9.78 Å². The smallest absolute Gasteiger partial charge is 0.352 e. The number of ketones is 1. The number of aliphatic carboxylic acids is 1. The fourth-order valence-electron chi connectivity index (χ4n) is 3.14. The molecule has 11 nitrogen and oxygen atoms in total. The summed E-state index contributed by atoms with van der Waals surface area (Å²) in [6.07, 6.45) is -0.182. The summed E-state index contributed by atoms with van der Waals surface area (Å²) >= 11 is 2.44. The molecule has 1 saturated heterocycles. The zero-order chi connectivity index (χ0) is 22.0. The quantitative estimate of drug-likeness (QED) is 0.244. The van der Waals surface area contributed by atoms with Crippen molar-refractivity contribution in [2.45, 2.75) is 18.7 Å². The summed E-state index contributed by atoms with van der Waals surface area (Å²) in [5, 5.41) is 14.6. The van der Waals surface area contributed by atoms with Crippen LogP contribution in [0.3, 0.4) is 0 Å². The van der Waals surface area contributed by atoms with Gasteiger partial charge < -0.3 is 20.4 Å². The molecule has 30 heavy (non-hydrogen) atoms. The molecule has 1 amide bonds. The van der Waals surface area contributed by atoms with E-state index in [-0.39, 0.29) is 41.0 Å². The molecule has 160 valence electrons. The minimum Gasteiger partial charge on any atom is -0.477 e. The van der Waals surface area contributed by atoms with Gasteiger partial charge in [0.1, 0.15) is 25.1 Å². The third kappa shape index (κ3) is 4.16. The number of nitrogens with two attached hydrogens (primary N) is 1. The Labute approximate surface area is 178 Å². The van der Waals surface area contributed by atoms with Crippen LogP contribution in [-0.4, -0.2) is 69.2 Å². The number of rotatable bonds is 8. The van der Waals surface area contributed by atoms with Crippen LogP contribution >= 0.6 is 23.1 Å². The highest BCUT2D eigenvalue weighted by atomic mass is 32.2. The van der Waals surface area contributed by atoms with Crippen molar-refractivity contribution in [1.29, 1.82) is 0 Å². The van der Waals surface area contributed by atoms with E-state index in [4.69, 9.17) is 15.3 Å². The summed E-state index contributed by atoms with van der Waals surface area (Å²) in [5.41, 5.74) is 5.93. The van der Waals surface area contributed by atoms with E-state index in [0.29, 0.717) is 5.57 Å². The number of carboxylic acid groups (broad SMARTS) is 1. The third-order valence-corrected chi connectivity index (χ3v) is 6.50. The molecule has 1 aromatic heterocycles. The number of β-lactam (4-membered cyclic amide) rings is 1. The molecule has 13 heteroatoms. The van der Waals surface area contributed by atoms with E-state index < -0.39 is 34.9 Å². The van der Waals surface area contributed by atoms with Crippen molar-refractivity contribution in [3.05, 3.63) is 22.3 Å². The van der Waals surface area contributed by atoms with Crippen LogP contribution in [0.5, 0.6) is 0 Å². The third-order valence-electron chi connectivity index (χ3n) is 4.43. The number of nitrogens with zero attached hydrogens (tertiary/aromatic N) is 3. The Bertz CT molecular complexity index is 971. The summed E-state index contributed by atoms with van der Waals surface area (Å²) < 4.78 is 4.89. The molecule has 3 N–H and O–H groups in total. The van der Waals surface area contributed by atoms with Gasteiger partial charge in [-0.05, 0) is 0 Å². The number of aromatic nitrogens is 1. The summed E-state index contributed by atoms with van der Waals surface area (Å²) in [4.78, 5) is 58.1. The van der Waals surface area contributed by atoms with Crippen LogP contribution in [0.4, 0.5) is 5.13 Å². The zero-order valence-corrected chi connectivity index (χ0v) is 17.6. The van der Waals surface area contributed by atoms with Crippen LogP contribution < -0.4 is 5.73 Å². The van der Waals surface area contributed by atoms with Gasteiger partial charge in [-0.2, -0.15) is 0 Å². The molecule has 1 aromatic rings. The summed E-state index contributed by atoms with van der Waals surface area (Å²) in [6, 6.07) is 0. The Kier molecular flexibility index (Phi) is 6.41. The molecule has 2 atom stereocenters. The first kappa shape index (κ1) is 21.8. The zero-order valence-electron chi connectivity index (χ0n) is 16.0. The van der Waals surface area contributed by atoms with Gasteiger partial charge in [0.25, 0.3) is 0 Å². The average molecular weight is 454 g/mol. The predicted octanol–water partition coefficient (Wildman–Crippen LogP) is 0.468. The number of thiazole rings is 1. The Hall–Kier alpha value is -2.93. The normalized spacial score (nSPS) is 21.1. The molecule has 3 heterocycles. The second-order valence-corrected chi connectivity index (χ2v) is 8.37. The van der Waals surface area contributed by atoms with Crippen molar-refractivity contribution in [3.63, 3.8) is 0 Å². The highest BCUT2D eigenvalue weighted by molar-refractivity contribution is 8.00. The number of anilines is 1. The Morgan fingerprint density at radius 1 is 1.43 bits per heavy atom. The van der Waals surface area contributed by atoms with E-state index in [9.17, 15) is 24.3 Å². The van der Waals surface area contributed by atoms with E-state index in [1.54, 1.807) is 5.38 Å². The Morgan fingerprint density at radius 3 is 2.73 bits per heavy atom. The van der Waals surface area contributed by atoms with Gasteiger partial charge in [0.15, 0.2) is 16.6 Å². The number of nitrogen functional groups attached to an aromatic ring is 1. The van der Waals surface area contributed by atoms with Crippen molar-refractivity contribution >= 4 is 57.6 Å². The second kappa shape index (κ2) is 8.83. The fraction of sp³-hybridized carbons (Fsp3) is 0.412. The molecule has 0 aliphatic carbocycles. The van der Waals surface area contributed by atoms with E-state index in [2.05, 4.69) is 10.1 Å². The molecule has 0 bridgehead atoms. The first-order valence-electron chi connectivity index (χ1n) is 8.63. The highest BCUT2D eigenvalue weighted by Crippen LogP contribution is 2.45. The van der Waals surface area contributed by atoms with E-state index in [0.717, 1.165) is 16.2 Å². The molecule has 1 fully saturated rings. The molecular formula is C17H18N4O7S2. The molecule has 2 aliphatic rings. The second-order valence-electron chi connectivity index (χ2n) is 6.37. The Morgan fingerprint density at radius 2 is 2.17 bits per heavy atom. The number of Topliss-reactive ketones (excluding diaryl/α,β-unsaturated/α-hetero) is 1. The number of carboxylic acids is 1. The topological polar surface area (TPSA) is 161 Å². The van der Waals surface area contributed by atoms with Crippen molar-refractivity contribution in [2.24, 2.45) is 11.1 Å². The van der Waals surface area contributed by atoms with Crippen LogP contribution in [0.1, 0.15) is 19.0 Å². The minimum absolute atomic E-state index is 0.0537. The number of esters is 1. The van der Waals surface area contributed by atoms with E-state index >= 15 is 0 Å². The highest BCUT2D eigenvalue weighted by Gasteiger charge is 2.54. The standard InChI is InChI=1S/C17H18N4O7S2/c1-7(22)28-4-8-5-29-15-9(14(24)21(15)13(8)16(25)26)3-11(23)12(20-27-2)10-6-30-17(18)19-10/h6,9,15H,3-5H2,1-2H3,(H2,18,19)(H,25,26)/b20-12-/t9-,15-/m1/s1. The molecule has 0 saturated carbocycles. The van der Waals surface area contributed by atoms with Gasteiger partial charge in [-0.15, -0.1) is 23.1 Å². The number of hydrogen-bond donors (Lipinski definition) is 2. The largest absolute Gasteiger partial charge is 0.477 e. The number of oxime groups is 1. The maximum absolute atomic E-state index is 12.8. The van der Waals surface area contributed by atoms with E-state index in [1.165, 1.54) is 25.8 Å². The van der Waals surface area contributed by atoms with Gasteiger partial charge in [-0.1, -0.05) is 5.16 Å². The first-order valence-corrected chi connectivity index (χ1v) is 10.6. The van der Waals surface area contributed by atoms with Crippen molar-refractivity contribution < 1.29 is 33.9 Å². The van der Waals surface area contributed by atoms with Crippen LogP contribution in [0, 0.1) is 5.92 Å². The minimum atomic E-state index is -1.29. The SMILES string of the molecule is CO/N=C(\C(=O)C[C@@H]1C(=O)N2C(C(=O)O)=C(COC(C)=O)CS[C@H]12)c1csc(N)n1. The number of hydrogen-bond acceptors (Lipinski definition) is 11. The van der Waals surface area contributed by atoms with Crippen LogP contribution in [-0.2, 0) is 28.8 Å². The van der Waals surface area contributed by atoms with Gasteiger partial charge in [-0.3, -0.25) is 19.3 Å². The summed E-state index contributed by atoms with van der Waals surface area (Å²) in [7, 11) is 1.28. The summed E-state index contributed by atoms with van der Waals surface area (Å²) in [6.45, 7) is 1.01. The molecule has 3 rings (SSSR count). The predicted molar refractivity (Wildman–Crippen MR) is 108 cm³/mol. The maximum atomic E-state index is 12.8. The number of carbonyl (C=O) groups excluding carboxylic acids is 3. The van der Waals surface area contributed by atoms with Crippen molar-refractivity contribution in [1.82, 2.24) is 9.88 Å². The molecule has 0 aromatic carbocycles. The van der Waals surface area contributed by atoms with Gasteiger partial charge in [0, 0.05) is 30.1 Å². The maximum Gasteiger partial charge on any atom is 0.352 e. The van der Waals surface area contributed by atoms with Crippen molar-refractivity contribution in [2.75, 3.05) is 25.2 Å². The number of amides is 1. The molecule has 0 unspecified atom stereocenters. The first-order chi connectivity index (χ1) is 14.2. The molecular weight excluding hydrogens is 436 g/mol. The van der Waals surface area contributed by atoms with Gasteiger partial charge >= 0.3 is 11.9 Å². The van der Waals surface area contributed by atoms with Gasteiger partial charge in [0.2, 0.25) is 5.91 Å². The molecule has 0 radical (unpaired) electrons. The lowest BCUT2D eigenvalue weighted by Crippen LogP contribution is -2.62. The monoisotopic (exact) mass is 454 g/mol. The average Bonchev–Trinajstić information content (AvgIpc) is 3.13. The number of thioether (sulfide) groups is 1. The van der Waals surface area contributed by atoms with Crippen LogP contribution in [0.2, 0.25) is 0 Å². The van der Waals surface area contributed by atoms with Crippen molar-refractivity contribution in [3.8, 4) is 0 Å². The van der Waals surface area contributed by atoms with Gasteiger partial charge in [0.05, 0.1) is 11.3 Å². The molecule has 0 spiro atoms. The van der Waals surface area contributed by atoms with E-state index in [1.807, 2.05) is 0 Å². The lowest BCUT2D eigenvalue weighted by atomic mass is 9.89. The lowest BCUT2D eigenvalue weighted by Gasteiger charge is -2.49. The van der Waals surface area contributed by atoms with Crippen LogP contribution in [0.25, 0.3) is 0 Å². The number of fused-ring (bicyclic) bond motifs is 1. The summed E-state index contributed by atoms with van der Waals surface area (Å²) in [5.74, 6) is -3.26. The molecule has 2 aliphatic heterocycles. The fourth-order valence-corrected chi connectivity index (χ4v) is 5.09. The Balaban J connectivity index is 1.77. The number of ether oxygens (including phenoxy) is 1.